The molecule has 0 saturated heterocycles. The van der Waals surface area contributed by atoms with Gasteiger partial charge in [-0.05, 0) is 54.5 Å². The van der Waals surface area contributed by atoms with Crippen LogP contribution in [0.1, 0.15) is 55.8 Å². The van der Waals surface area contributed by atoms with Gasteiger partial charge in [-0.1, -0.05) is 27.7 Å². The highest BCUT2D eigenvalue weighted by atomic mass is 16.3. The average Bonchev–Trinajstić information content (AvgIpc) is 3.33. The van der Waals surface area contributed by atoms with Gasteiger partial charge in [-0.2, -0.15) is 0 Å². The zero-order valence-electron chi connectivity index (χ0n) is 22.9. The van der Waals surface area contributed by atoms with Gasteiger partial charge >= 0.3 is 0 Å². The first-order valence-electron chi connectivity index (χ1n) is 13.6. The van der Waals surface area contributed by atoms with Crippen LogP contribution in [0.4, 0.5) is 0 Å². The summed E-state index contributed by atoms with van der Waals surface area (Å²) in [5.41, 5.74) is 3.71. The molecule has 10 heteroatoms. The molecular formula is C30H34N2O8. The lowest BCUT2D eigenvalue weighted by Crippen LogP contribution is -2.71. The zero-order valence-corrected chi connectivity index (χ0v) is 22.9. The molecule has 1 amide bonds. The van der Waals surface area contributed by atoms with E-state index in [-0.39, 0.29) is 30.2 Å². The number of carbonyl (C=O) groups excluding carboxylic acids is 5. The Balaban J connectivity index is 1.59. The molecule has 2 aromatic rings. The second-order valence-electron chi connectivity index (χ2n) is 11.9. The molecule has 1 heterocycles. The lowest BCUT2D eigenvalue weighted by atomic mass is 9.49. The number of furan rings is 1. The van der Waals surface area contributed by atoms with Crippen molar-refractivity contribution in [1.29, 1.82) is 0 Å². The van der Waals surface area contributed by atoms with Gasteiger partial charge in [-0.25, -0.2) is 0 Å². The highest BCUT2D eigenvalue weighted by molar-refractivity contribution is 6.32. The summed E-state index contributed by atoms with van der Waals surface area (Å²) < 4.78 is 6.04. The number of nitrogens with one attached hydrogen (secondary N) is 1. The Morgan fingerprint density at radius 1 is 1.10 bits per heavy atom. The number of aromatic hydroxyl groups is 1. The van der Waals surface area contributed by atoms with Crippen molar-refractivity contribution in [1.82, 2.24) is 5.32 Å². The number of benzene rings is 1. The molecule has 40 heavy (non-hydrogen) atoms. The van der Waals surface area contributed by atoms with Crippen molar-refractivity contribution in [3.63, 3.8) is 0 Å². The molecule has 0 aliphatic heterocycles. The molecule has 1 aromatic carbocycles. The number of ketones is 4. The van der Waals surface area contributed by atoms with Crippen LogP contribution in [0.2, 0.25) is 0 Å². The number of hydrogen-bond donors (Lipinski definition) is 4. The van der Waals surface area contributed by atoms with Gasteiger partial charge in [0.25, 0.3) is 0 Å². The van der Waals surface area contributed by atoms with Crippen molar-refractivity contribution in [2.24, 2.45) is 41.2 Å². The third kappa shape index (κ3) is 4.04. The molecule has 2 fully saturated rings. The third-order valence-electron chi connectivity index (χ3n) is 8.81. The van der Waals surface area contributed by atoms with Gasteiger partial charge in [0.1, 0.15) is 17.3 Å². The molecule has 0 spiro atoms. The number of carbonyl (C=O) groups is 5. The molecule has 3 aliphatic carbocycles. The number of hydrogen-bond acceptors (Lipinski definition) is 9. The first kappa shape index (κ1) is 27.9. The fraction of sp³-hybridized carbons (Fsp3) is 0.500. The van der Waals surface area contributed by atoms with Gasteiger partial charge in [0, 0.05) is 23.4 Å². The van der Waals surface area contributed by atoms with Gasteiger partial charge < -0.3 is 25.7 Å². The smallest absolute Gasteiger partial charge is 0.235 e. The first-order chi connectivity index (χ1) is 18.8. The van der Waals surface area contributed by atoms with Crippen molar-refractivity contribution in [3.8, 4) is 17.1 Å². The van der Waals surface area contributed by atoms with Gasteiger partial charge in [-0.3, -0.25) is 24.0 Å². The molecule has 6 atom stereocenters. The summed E-state index contributed by atoms with van der Waals surface area (Å²) in [5, 5.41) is 25.7. The lowest BCUT2D eigenvalue weighted by Gasteiger charge is -2.52. The fourth-order valence-electron chi connectivity index (χ4n) is 7.01. The summed E-state index contributed by atoms with van der Waals surface area (Å²) in [6.07, 6.45) is 0.210. The number of amides is 1. The normalized spacial score (nSPS) is 29.9. The Morgan fingerprint density at radius 2 is 1.80 bits per heavy atom. The molecule has 10 nitrogen and oxygen atoms in total. The number of fused-ring (bicyclic) bond motifs is 3. The highest BCUT2D eigenvalue weighted by Crippen LogP contribution is 2.53. The molecule has 3 aliphatic rings. The lowest BCUT2D eigenvalue weighted by molar-refractivity contribution is -0.182. The Labute approximate surface area is 231 Å². The van der Waals surface area contributed by atoms with Crippen molar-refractivity contribution >= 4 is 29.0 Å². The molecule has 5 N–H and O–H groups in total. The number of rotatable bonds is 6. The van der Waals surface area contributed by atoms with E-state index in [4.69, 9.17) is 10.2 Å². The third-order valence-corrected chi connectivity index (χ3v) is 8.81. The van der Waals surface area contributed by atoms with Crippen LogP contribution in [0, 0.1) is 35.5 Å². The summed E-state index contributed by atoms with van der Waals surface area (Å²) in [6.45, 7) is 7.96. The maximum atomic E-state index is 13.9. The predicted octanol–water partition coefficient (Wildman–Crippen LogP) is 1.97. The minimum Gasteiger partial charge on any atom is -0.507 e. The van der Waals surface area contributed by atoms with Crippen LogP contribution in [0.5, 0.6) is 5.75 Å². The van der Waals surface area contributed by atoms with Crippen LogP contribution < -0.4 is 11.1 Å². The van der Waals surface area contributed by atoms with E-state index in [0.717, 1.165) is 0 Å². The maximum absolute atomic E-state index is 13.9. The summed E-state index contributed by atoms with van der Waals surface area (Å²) in [4.78, 5) is 66.5. The highest BCUT2D eigenvalue weighted by Gasteiger charge is 2.69. The van der Waals surface area contributed by atoms with E-state index >= 15 is 0 Å². The number of nitrogens with two attached hydrogens (primary N) is 1. The number of phenolic OH excluding ortho intramolecular Hbond substituents is 1. The molecule has 2 saturated carbocycles. The van der Waals surface area contributed by atoms with Crippen molar-refractivity contribution in [2.45, 2.75) is 58.7 Å². The van der Waals surface area contributed by atoms with E-state index in [0.29, 0.717) is 29.2 Å². The average molecular weight is 551 g/mol. The number of Topliss-reactive ketones (excluding diaryl/α,β-unsaturated/α-hetero) is 4. The van der Waals surface area contributed by atoms with E-state index in [1.54, 1.807) is 26.0 Å². The standard InChI is InChI=1S/C30H34N2O8/c1-12(2)21-18-10-14-9-17-16(20-8-5-15(40-20)11-32-13(3)4)6-7-19(33)23(17)26(35)22(14)27(36)30(18,39)28(37)24(25(21)34)29(31)38/h5-8,12-14,18,21-22,24,32-33,39H,9-11H2,1-4H3,(H2,31,38)/t14-,18-,21-,22?,24?,30-/m0/s1. The monoisotopic (exact) mass is 550 g/mol. The molecule has 2 unspecified atom stereocenters. The Bertz CT molecular complexity index is 1440. The number of phenols is 1. The molecule has 0 radical (unpaired) electrons. The largest absolute Gasteiger partial charge is 0.507 e. The SMILES string of the molecule is CC(C)NCc1ccc(-c2ccc(O)c3c2C[C@H]2C[C@H]4[C@H](C(C)C)C(=O)C(C(N)=O)C(=O)[C@@]4(O)C(=O)C2C3=O)o1. The van der Waals surface area contributed by atoms with E-state index < -0.39 is 70.1 Å². The number of aliphatic hydroxyl groups is 1. The summed E-state index contributed by atoms with van der Waals surface area (Å²) >= 11 is 0. The Kier molecular flexibility index (Phi) is 6.82. The van der Waals surface area contributed by atoms with E-state index in [1.807, 2.05) is 19.9 Å². The van der Waals surface area contributed by atoms with Crippen molar-refractivity contribution in [2.75, 3.05) is 0 Å². The Morgan fingerprint density at radius 3 is 2.42 bits per heavy atom. The predicted molar refractivity (Wildman–Crippen MR) is 142 cm³/mol. The van der Waals surface area contributed by atoms with E-state index in [1.165, 1.54) is 6.07 Å². The van der Waals surface area contributed by atoms with Crippen molar-refractivity contribution < 1.29 is 38.6 Å². The summed E-state index contributed by atoms with van der Waals surface area (Å²) in [6, 6.07) is 6.86. The molecular weight excluding hydrogens is 516 g/mol. The van der Waals surface area contributed by atoms with Gasteiger partial charge in [0.05, 0.1) is 18.0 Å². The van der Waals surface area contributed by atoms with Crippen LogP contribution in [0.15, 0.2) is 28.7 Å². The van der Waals surface area contributed by atoms with Crippen LogP contribution in [-0.4, -0.2) is 50.9 Å². The topological polar surface area (TPSA) is 177 Å². The van der Waals surface area contributed by atoms with Crippen LogP contribution >= 0.6 is 0 Å². The summed E-state index contributed by atoms with van der Waals surface area (Å²) in [7, 11) is 0. The maximum Gasteiger partial charge on any atom is 0.235 e. The minimum absolute atomic E-state index is 0.0285. The van der Waals surface area contributed by atoms with Gasteiger partial charge in [0.2, 0.25) is 5.91 Å². The molecule has 5 rings (SSSR count). The molecule has 212 valence electrons. The summed E-state index contributed by atoms with van der Waals surface area (Å²) in [5.74, 6) is -10.6. The van der Waals surface area contributed by atoms with E-state index in [2.05, 4.69) is 5.32 Å². The van der Waals surface area contributed by atoms with Gasteiger partial charge in [0.15, 0.2) is 34.7 Å². The van der Waals surface area contributed by atoms with Gasteiger partial charge in [-0.15, -0.1) is 0 Å². The minimum atomic E-state index is -2.70. The first-order valence-corrected chi connectivity index (χ1v) is 13.6. The second kappa shape index (κ2) is 9.78. The van der Waals surface area contributed by atoms with Crippen LogP contribution in [-0.2, 0) is 32.1 Å². The molecule has 0 bridgehead atoms. The Hall–Kier alpha value is -3.63. The van der Waals surface area contributed by atoms with Crippen LogP contribution in [0.25, 0.3) is 11.3 Å². The second-order valence-corrected chi connectivity index (χ2v) is 11.9. The number of primary amides is 1. The quantitative estimate of drug-likeness (QED) is 0.392. The van der Waals surface area contributed by atoms with Crippen molar-refractivity contribution in [3.05, 3.63) is 41.2 Å². The van der Waals surface area contributed by atoms with E-state index in [9.17, 15) is 34.2 Å². The fourth-order valence-corrected chi connectivity index (χ4v) is 7.01. The zero-order chi connectivity index (χ0) is 29.3. The molecule has 1 aromatic heterocycles. The van der Waals surface area contributed by atoms with Crippen LogP contribution in [0.3, 0.4) is 0 Å².